The molecule has 2 N–H and O–H groups in total. The standard InChI is InChI=1S/C19H26N2O3/c22-16-10-13-21(14-19(16)11-5-12-20-18(19)24)17(23)9-4-8-15-6-2-1-3-7-15/h1-3,6-7,16,22H,4-5,8-14H2,(H,20,24)/t16?,19-/m1/s1. The lowest BCUT2D eigenvalue weighted by molar-refractivity contribution is -0.154. The Kier molecular flexibility index (Phi) is 5.19. The zero-order chi connectivity index (χ0) is 17.0. The van der Waals surface area contributed by atoms with Crippen LogP contribution in [0.1, 0.15) is 37.7 Å². The van der Waals surface area contributed by atoms with Crippen LogP contribution in [0.25, 0.3) is 0 Å². The number of nitrogens with zero attached hydrogens (tertiary/aromatic N) is 1. The highest BCUT2D eigenvalue weighted by molar-refractivity contribution is 5.86. The van der Waals surface area contributed by atoms with Gasteiger partial charge in [0.2, 0.25) is 11.8 Å². The number of nitrogens with one attached hydrogen (secondary N) is 1. The lowest BCUT2D eigenvalue weighted by Crippen LogP contribution is -2.62. The highest BCUT2D eigenvalue weighted by Crippen LogP contribution is 2.37. The summed E-state index contributed by atoms with van der Waals surface area (Å²) in [5, 5.41) is 13.2. The maximum atomic E-state index is 12.5. The van der Waals surface area contributed by atoms with Crippen molar-refractivity contribution in [1.82, 2.24) is 10.2 Å². The van der Waals surface area contributed by atoms with Gasteiger partial charge in [0, 0.05) is 26.1 Å². The number of piperidine rings is 2. The molecule has 5 heteroatoms. The number of aliphatic hydroxyl groups is 1. The fourth-order valence-corrected chi connectivity index (χ4v) is 3.90. The molecule has 0 bridgehead atoms. The van der Waals surface area contributed by atoms with Crippen molar-refractivity contribution in [2.75, 3.05) is 19.6 Å². The van der Waals surface area contributed by atoms with E-state index in [2.05, 4.69) is 17.4 Å². The first kappa shape index (κ1) is 17.0. The Balaban J connectivity index is 1.56. The zero-order valence-corrected chi connectivity index (χ0v) is 14.0. The van der Waals surface area contributed by atoms with E-state index in [0.717, 1.165) is 19.3 Å². The molecule has 0 radical (unpaired) electrons. The minimum atomic E-state index is -0.800. The first-order valence-electron chi connectivity index (χ1n) is 8.90. The van der Waals surface area contributed by atoms with Gasteiger partial charge in [0.05, 0.1) is 11.5 Å². The number of likely N-dealkylation sites (tertiary alicyclic amines) is 1. The molecule has 2 atom stereocenters. The molecule has 3 rings (SSSR count). The van der Waals surface area contributed by atoms with Crippen molar-refractivity contribution in [3.8, 4) is 0 Å². The molecule has 1 aromatic rings. The summed E-state index contributed by atoms with van der Waals surface area (Å²) in [6.07, 6.45) is 3.54. The summed E-state index contributed by atoms with van der Waals surface area (Å²) in [7, 11) is 0. The predicted molar refractivity (Wildman–Crippen MR) is 91.3 cm³/mol. The molecule has 2 aliphatic heterocycles. The van der Waals surface area contributed by atoms with Crippen molar-refractivity contribution in [3.63, 3.8) is 0 Å². The predicted octanol–water partition coefficient (Wildman–Crippen LogP) is 1.50. The van der Waals surface area contributed by atoms with Gasteiger partial charge in [-0.1, -0.05) is 30.3 Å². The van der Waals surface area contributed by atoms with Crippen LogP contribution in [0, 0.1) is 5.41 Å². The first-order valence-corrected chi connectivity index (χ1v) is 8.90. The SMILES string of the molecule is O=C(CCCc1ccccc1)N1CCC(O)[C@@]2(CCCNC2=O)C1. The quantitative estimate of drug-likeness (QED) is 0.879. The van der Waals surface area contributed by atoms with Gasteiger partial charge in [0.25, 0.3) is 0 Å². The Morgan fingerprint density at radius 1 is 1.33 bits per heavy atom. The molecule has 0 aliphatic carbocycles. The van der Waals surface area contributed by atoms with Crippen LogP contribution in [0.5, 0.6) is 0 Å². The van der Waals surface area contributed by atoms with Crippen LogP contribution in [0.2, 0.25) is 0 Å². The van der Waals surface area contributed by atoms with Gasteiger partial charge in [-0.25, -0.2) is 0 Å². The van der Waals surface area contributed by atoms with Gasteiger partial charge in [0.15, 0.2) is 0 Å². The van der Waals surface area contributed by atoms with Crippen LogP contribution in [0.4, 0.5) is 0 Å². The summed E-state index contributed by atoms with van der Waals surface area (Å²) in [6, 6.07) is 10.2. The maximum absolute atomic E-state index is 12.5. The number of amides is 2. The summed E-state index contributed by atoms with van der Waals surface area (Å²) in [6.45, 7) is 1.56. The van der Waals surface area contributed by atoms with Crippen LogP contribution >= 0.6 is 0 Å². The molecular formula is C19H26N2O3. The van der Waals surface area contributed by atoms with Crippen molar-refractivity contribution < 1.29 is 14.7 Å². The van der Waals surface area contributed by atoms with Crippen molar-refractivity contribution in [3.05, 3.63) is 35.9 Å². The average Bonchev–Trinajstić information content (AvgIpc) is 2.60. The van der Waals surface area contributed by atoms with Crippen molar-refractivity contribution in [2.45, 2.75) is 44.6 Å². The fourth-order valence-electron chi connectivity index (χ4n) is 3.90. The third-order valence-electron chi connectivity index (χ3n) is 5.37. The molecule has 2 amide bonds. The molecule has 2 fully saturated rings. The number of rotatable bonds is 4. The normalized spacial score (nSPS) is 27.1. The molecule has 130 valence electrons. The van der Waals surface area contributed by atoms with E-state index in [1.165, 1.54) is 5.56 Å². The largest absolute Gasteiger partial charge is 0.392 e. The molecule has 2 heterocycles. The van der Waals surface area contributed by atoms with E-state index in [9.17, 15) is 14.7 Å². The van der Waals surface area contributed by atoms with Crippen molar-refractivity contribution in [1.29, 1.82) is 0 Å². The third kappa shape index (κ3) is 3.46. The van der Waals surface area contributed by atoms with E-state index in [1.807, 2.05) is 18.2 Å². The second kappa shape index (κ2) is 7.34. The van der Waals surface area contributed by atoms with Crippen LogP contribution in [0.3, 0.4) is 0 Å². The van der Waals surface area contributed by atoms with E-state index >= 15 is 0 Å². The maximum Gasteiger partial charge on any atom is 0.230 e. The van der Waals surface area contributed by atoms with E-state index < -0.39 is 11.5 Å². The summed E-state index contributed by atoms with van der Waals surface area (Å²) in [4.78, 5) is 26.7. The Hall–Kier alpha value is -1.88. The van der Waals surface area contributed by atoms with Gasteiger partial charge < -0.3 is 15.3 Å². The molecule has 5 nitrogen and oxygen atoms in total. The second-order valence-corrected chi connectivity index (χ2v) is 6.97. The van der Waals surface area contributed by atoms with Crippen LogP contribution in [-0.2, 0) is 16.0 Å². The Morgan fingerprint density at radius 3 is 2.88 bits per heavy atom. The number of hydrogen-bond acceptors (Lipinski definition) is 3. The molecule has 2 aliphatic rings. The van der Waals surface area contributed by atoms with Crippen molar-refractivity contribution in [2.24, 2.45) is 5.41 Å². The second-order valence-electron chi connectivity index (χ2n) is 6.97. The van der Waals surface area contributed by atoms with E-state index in [1.54, 1.807) is 4.90 Å². The van der Waals surface area contributed by atoms with Gasteiger partial charge >= 0.3 is 0 Å². The first-order chi connectivity index (χ1) is 11.6. The molecule has 1 unspecified atom stereocenters. The molecule has 0 saturated carbocycles. The molecule has 24 heavy (non-hydrogen) atoms. The van der Waals surface area contributed by atoms with E-state index in [4.69, 9.17) is 0 Å². The number of aliphatic hydroxyl groups excluding tert-OH is 1. The summed E-state index contributed by atoms with van der Waals surface area (Å²) in [5.74, 6) is -0.00128. The Bertz CT molecular complexity index is 590. The lowest BCUT2D eigenvalue weighted by Gasteiger charge is -2.46. The van der Waals surface area contributed by atoms with Crippen LogP contribution in [-0.4, -0.2) is 47.6 Å². The average molecular weight is 330 g/mol. The molecule has 0 aromatic heterocycles. The van der Waals surface area contributed by atoms with Crippen LogP contribution in [0.15, 0.2) is 30.3 Å². The van der Waals surface area contributed by atoms with Crippen molar-refractivity contribution >= 4 is 11.8 Å². The fraction of sp³-hybridized carbons (Fsp3) is 0.579. The number of carbonyl (C=O) groups is 2. The topological polar surface area (TPSA) is 69.6 Å². The highest BCUT2D eigenvalue weighted by atomic mass is 16.3. The van der Waals surface area contributed by atoms with Gasteiger partial charge in [-0.15, -0.1) is 0 Å². The van der Waals surface area contributed by atoms with E-state index in [-0.39, 0.29) is 11.8 Å². The Morgan fingerprint density at radius 2 is 2.12 bits per heavy atom. The smallest absolute Gasteiger partial charge is 0.230 e. The van der Waals surface area contributed by atoms with Gasteiger partial charge in [-0.2, -0.15) is 0 Å². The summed E-state index contributed by atoms with van der Waals surface area (Å²) in [5.41, 5.74) is 0.438. The minimum absolute atomic E-state index is 0.0931. The summed E-state index contributed by atoms with van der Waals surface area (Å²) < 4.78 is 0. The van der Waals surface area contributed by atoms with Gasteiger partial charge in [0.1, 0.15) is 0 Å². The minimum Gasteiger partial charge on any atom is -0.392 e. The number of hydrogen-bond donors (Lipinski definition) is 2. The van der Waals surface area contributed by atoms with Gasteiger partial charge in [-0.3, -0.25) is 9.59 Å². The zero-order valence-electron chi connectivity index (χ0n) is 14.0. The Labute approximate surface area is 143 Å². The molecule has 1 aromatic carbocycles. The number of aryl methyl sites for hydroxylation is 1. The molecule has 1 spiro atoms. The molecule has 2 saturated heterocycles. The third-order valence-corrected chi connectivity index (χ3v) is 5.37. The van der Waals surface area contributed by atoms with Gasteiger partial charge in [-0.05, 0) is 37.7 Å². The van der Waals surface area contributed by atoms with Crippen LogP contribution < -0.4 is 5.32 Å². The monoisotopic (exact) mass is 330 g/mol. The summed E-state index contributed by atoms with van der Waals surface area (Å²) >= 11 is 0. The highest BCUT2D eigenvalue weighted by Gasteiger charge is 2.50. The van der Waals surface area contributed by atoms with E-state index in [0.29, 0.717) is 38.9 Å². The number of carbonyl (C=O) groups excluding carboxylic acids is 2. The molecular weight excluding hydrogens is 304 g/mol. The number of benzene rings is 1. The lowest BCUT2D eigenvalue weighted by atomic mass is 9.71.